The summed E-state index contributed by atoms with van der Waals surface area (Å²) in [6, 6.07) is 7.90. The monoisotopic (exact) mass is 220 g/mol. The fourth-order valence-electron chi connectivity index (χ4n) is 1.57. The van der Waals surface area contributed by atoms with Crippen molar-refractivity contribution in [1.82, 2.24) is 5.32 Å². The van der Waals surface area contributed by atoms with Crippen molar-refractivity contribution in [3.05, 3.63) is 29.8 Å². The van der Waals surface area contributed by atoms with Gasteiger partial charge in [-0.1, -0.05) is 6.07 Å². The summed E-state index contributed by atoms with van der Waals surface area (Å²) < 4.78 is 5.08. The van der Waals surface area contributed by atoms with Crippen molar-refractivity contribution in [1.29, 1.82) is 0 Å². The molecule has 0 aliphatic carbocycles. The minimum absolute atomic E-state index is 0.0315. The Morgan fingerprint density at radius 2 is 2.31 bits per heavy atom. The second kappa shape index (κ2) is 4.99. The number of rotatable bonds is 4. The second-order valence-electron chi connectivity index (χ2n) is 3.82. The molecule has 1 aromatic carbocycles. The van der Waals surface area contributed by atoms with E-state index in [1.165, 1.54) is 0 Å². The molecule has 0 bridgehead atoms. The maximum Gasteiger partial charge on any atom is 0.251 e. The minimum atomic E-state index is -0.0315. The molecule has 1 aliphatic rings. The standard InChI is InChI=1S/C12H16N2O2/c1-2-13-12(15)9-4-3-5-10(6-9)14-11-7-16-8-11/h3-6,11,14H,2,7-8H2,1H3,(H,13,15). The number of anilines is 1. The molecule has 0 saturated carbocycles. The van der Waals surface area contributed by atoms with Crippen LogP contribution in [0.1, 0.15) is 17.3 Å². The number of benzene rings is 1. The SMILES string of the molecule is CCNC(=O)c1cccc(NC2COC2)c1. The van der Waals surface area contributed by atoms with Gasteiger partial charge in [0.1, 0.15) is 0 Å². The van der Waals surface area contributed by atoms with Crippen molar-refractivity contribution in [3.8, 4) is 0 Å². The van der Waals surface area contributed by atoms with Crippen LogP contribution in [-0.2, 0) is 4.74 Å². The molecule has 0 atom stereocenters. The average Bonchev–Trinajstić information content (AvgIpc) is 2.24. The van der Waals surface area contributed by atoms with Gasteiger partial charge in [-0.15, -0.1) is 0 Å². The molecule has 0 unspecified atom stereocenters. The third-order valence-corrected chi connectivity index (χ3v) is 2.47. The maximum atomic E-state index is 11.6. The molecule has 1 saturated heterocycles. The zero-order chi connectivity index (χ0) is 11.4. The van der Waals surface area contributed by atoms with E-state index in [1.54, 1.807) is 0 Å². The summed E-state index contributed by atoms with van der Waals surface area (Å²) in [4.78, 5) is 11.6. The van der Waals surface area contributed by atoms with E-state index < -0.39 is 0 Å². The molecule has 1 fully saturated rings. The van der Waals surface area contributed by atoms with E-state index in [2.05, 4.69) is 10.6 Å². The third-order valence-electron chi connectivity index (χ3n) is 2.47. The summed E-state index contributed by atoms with van der Waals surface area (Å²) in [6.45, 7) is 4.04. The van der Waals surface area contributed by atoms with E-state index in [0.29, 0.717) is 18.2 Å². The number of ether oxygens (including phenoxy) is 1. The molecule has 4 nitrogen and oxygen atoms in total. The first-order valence-electron chi connectivity index (χ1n) is 5.52. The molecule has 0 aromatic heterocycles. The molecular formula is C12H16N2O2. The molecule has 2 rings (SSSR count). The maximum absolute atomic E-state index is 11.6. The van der Waals surface area contributed by atoms with Gasteiger partial charge in [-0.25, -0.2) is 0 Å². The number of nitrogens with one attached hydrogen (secondary N) is 2. The normalized spacial score (nSPS) is 15.3. The van der Waals surface area contributed by atoms with Gasteiger partial charge in [0.2, 0.25) is 0 Å². The van der Waals surface area contributed by atoms with E-state index >= 15 is 0 Å². The van der Waals surface area contributed by atoms with Crippen LogP contribution in [0.4, 0.5) is 5.69 Å². The van der Waals surface area contributed by atoms with Gasteiger partial charge in [-0.2, -0.15) is 0 Å². The molecular weight excluding hydrogens is 204 g/mol. The highest BCUT2D eigenvalue weighted by Crippen LogP contribution is 2.14. The van der Waals surface area contributed by atoms with Gasteiger partial charge in [0.25, 0.3) is 5.91 Å². The first-order chi connectivity index (χ1) is 7.79. The van der Waals surface area contributed by atoms with Crippen LogP contribution < -0.4 is 10.6 Å². The molecule has 0 radical (unpaired) electrons. The number of hydrogen-bond acceptors (Lipinski definition) is 3. The summed E-state index contributed by atoms with van der Waals surface area (Å²) in [6.07, 6.45) is 0. The molecule has 86 valence electrons. The van der Waals surface area contributed by atoms with Gasteiger partial charge in [0.05, 0.1) is 19.3 Å². The molecule has 0 spiro atoms. The van der Waals surface area contributed by atoms with Crippen molar-refractivity contribution in [3.63, 3.8) is 0 Å². The van der Waals surface area contributed by atoms with Gasteiger partial charge in [0, 0.05) is 17.8 Å². The van der Waals surface area contributed by atoms with Crippen molar-refractivity contribution < 1.29 is 9.53 Å². The first-order valence-corrected chi connectivity index (χ1v) is 5.52. The smallest absolute Gasteiger partial charge is 0.251 e. The van der Waals surface area contributed by atoms with Gasteiger partial charge < -0.3 is 15.4 Å². The van der Waals surface area contributed by atoms with Crippen LogP contribution in [-0.4, -0.2) is 31.7 Å². The highest BCUT2D eigenvalue weighted by molar-refractivity contribution is 5.95. The number of hydrogen-bond donors (Lipinski definition) is 2. The molecule has 1 aliphatic heterocycles. The topological polar surface area (TPSA) is 50.4 Å². The Morgan fingerprint density at radius 1 is 1.50 bits per heavy atom. The Hall–Kier alpha value is -1.55. The lowest BCUT2D eigenvalue weighted by molar-refractivity contribution is 0.0211. The van der Waals surface area contributed by atoms with Gasteiger partial charge in [0.15, 0.2) is 0 Å². The lowest BCUT2D eigenvalue weighted by atomic mass is 10.1. The van der Waals surface area contributed by atoms with Crippen LogP contribution in [0.2, 0.25) is 0 Å². The Balaban J connectivity index is 2.03. The first kappa shape index (κ1) is 11.0. The largest absolute Gasteiger partial charge is 0.378 e. The number of carbonyl (C=O) groups excluding carboxylic acids is 1. The third kappa shape index (κ3) is 2.52. The fourth-order valence-corrected chi connectivity index (χ4v) is 1.57. The number of amides is 1. The highest BCUT2D eigenvalue weighted by Gasteiger charge is 2.17. The number of carbonyl (C=O) groups is 1. The van der Waals surface area contributed by atoms with Gasteiger partial charge >= 0.3 is 0 Å². The van der Waals surface area contributed by atoms with Gasteiger partial charge in [-0.3, -0.25) is 4.79 Å². The molecule has 16 heavy (non-hydrogen) atoms. The average molecular weight is 220 g/mol. The van der Waals surface area contributed by atoms with E-state index in [0.717, 1.165) is 18.9 Å². The van der Waals surface area contributed by atoms with E-state index in [9.17, 15) is 4.79 Å². The van der Waals surface area contributed by atoms with Crippen LogP contribution >= 0.6 is 0 Å². The van der Waals surface area contributed by atoms with Crippen molar-refractivity contribution in [2.45, 2.75) is 13.0 Å². The van der Waals surface area contributed by atoms with Crippen LogP contribution in [0.3, 0.4) is 0 Å². The van der Waals surface area contributed by atoms with Crippen LogP contribution in [0.15, 0.2) is 24.3 Å². The summed E-state index contributed by atoms with van der Waals surface area (Å²) in [7, 11) is 0. The van der Waals surface area contributed by atoms with Crippen LogP contribution in [0.5, 0.6) is 0 Å². The van der Waals surface area contributed by atoms with Crippen LogP contribution in [0.25, 0.3) is 0 Å². The second-order valence-corrected chi connectivity index (χ2v) is 3.82. The van der Waals surface area contributed by atoms with Crippen LogP contribution in [0, 0.1) is 0 Å². The Morgan fingerprint density at radius 3 is 2.94 bits per heavy atom. The Kier molecular flexibility index (Phi) is 3.41. The summed E-state index contributed by atoms with van der Waals surface area (Å²) in [5, 5.41) is 6.09. The van der Waals surface area contributed by atoms with E-state index in [-0.39, 0.29) is 5.91 Å². The van der Waals surface area contributed by atoms with E-state index in [4.69, 9.17) is 4.74 Å². The van der Waals surface area contributed by atoms with Crippen molar-refractivity contribution in [2.24, 2.45) is 0 Å². The van der Waals surface area contributed by atoms with Crippen molar-refractivity contribution in [2.75, 3.05) is 25.1 Å². The predicted molar refractivity (Wildman–Crippen MR) is 62.7 cm³/mol. The molecule has 1 heterocycles. The molecule has 1 aromatic rings. The van der Waals surface area contributed by atoms with E-state index in [1.807, 2.05) is 31.2 Å². The fraction of sp³-hybridized carbons (Fsp3) is 0.417. The zero-order valence-electron chi connectivity index (χ0n) is 9.32. The molecule has 4 heteroatoms. The highest BCUT2D eigenvalue weighted by atomic mass is 16.5. The minimum Gasteiger partial charge on any atom is -0.378 e. The lowest BCUT2D eigenvalue weighted by Crippen LogP contribution is -2.40. The van der Waals surface area contributed by atoms with Crippen molar-refractivity contribution >= 4 is 11.6 Å². The Labute approximate surface area is 95.0 Å². The predicted octanol–water partition coefficient (Wildman–Crippen LogP) is 1.25. The summed E-state index contributed by atoms with van der Waals surface area (Å²) in [5.41, 5.74) is 1.66. The Bertz CT molecular complexity index is 375. The lowest BCUT2D eigenvalue weighted by Gasteiger charge is -2.27. The summed E-state index contributed by atoms with van der Waals surface area (Å²) >= 11 is 0. The zero-order valence-corrected chi connectivity index (χ0v) is 9.32. The van der Waals surface area contributed by atoms with Gasteiger partial charge in [-0.05, 0) is 25.1 Å². The quantitative estimate of drug-likeness (QED) is 0.802. The summed E-state index contributed by atoms with van der Waals surface area (Å²) in [5.74, 6) is -0.0315. The molecule has 2 N–H and O–H groups in total. The molecule has 1 amide bonds.